The van der Waals surface area contributed by atoms with Gasteiger partial charge in [0.15, 0.2) is 0 Å². The van der Waals surface area contributed by atoms with Crippen molar-refractivity contribution >= 4 is 11.8 Å². The van der Waals surface area contributed by atoms with Gasteiger partial charge in [0.1, 0.15) is 12.1 Å². The van der Waals surface area contributed by atoms with Crippen LogP contribution < -0.4 is 5.32 Å². The van der Waals surface area contributed by atoms with Crippen molar-refractivity contribution in [2.45, 2.75) is 30.5 Å². The molecule has 3 nitrogen and oxygen atoms in total. The fraction of sp³-hybridized carbons (Fsp3) is 0.308. The van der Waals surface area contributed by atoms with Crippen molar-refractivity contribution in [1.29, 1.82) is 0 Å². The van der Waals surface area contributed by atoms with Crippen molar-refractivity contribution in [3.8, 4) is 0 Å². The summed E-state index contributed by atoms with van der Waals surface area (Å²) < 4.78 is 19.1. The number of oxazole rings is 1. The molecule has 1 aromatic heterocycles. The Hall–Kier alpha value is -1.33. The van der Waals surface area contributed by atoms with Crippen LogP contribution in [0.4, 0.5) is 4.39 Å². The summed E-state index contributed by atoms with van der Waals surface area (Å²) >= 11 is 1.22. The van der Waals surface area contributed by atoms with E-state index in [9.17, 15) is 4.39 Å². The van der Waals surface area contributed by atoms with Crippen LogP contribution in [-0.4, -0.2) is 11.5 Å². The summed E-state index contributed by atoms with van der Waals surface area (Å²) in [5, 5.41) is 3.66. The largest absolute Gasteiger partial charge is 0.439 e. The van der Waals surface area contributed by atoms with Gasteiger partial charge in [-0.2, -0.15) is 0 Å². The molecule has 2 aromatic rings. The number of nitrogens with one attached hydrogen (secondary N) is 1. The fourth-order valence-corrected chi connectivity index (χ4v) is 2.43. The Morgan fingerprint density at radius 1 is 1.44 bits per heavy atom. The van der Waals surface area contributed by atoms with Gasteiger partial charge in [0, 0.05) is 6.54 Å². The van der Waals surface area contributed by atoms with Crippen LogP contribution in [0.3, 0.4) is 0 Å². The Balaban J connectivity index is 2.24. The van der Waals surface area contributed by atoms with Crippen LogP contribution >= 0.6 is 11.8 Å². The Morgan fingerprint density at radius 3 is 2.94 bits per heavy atom. The molecule has 18 heavy (non-hydrogen) atoms. The summed E-state index contributed by atoms with van der Waals surface area (Å²) in [4.78, 5) is 4.75. The van der Waals surface area contributed by atoms with Crippen LogP contribution in [0.15, 0.2) is 39.0 Å². The highest BCUT2D eigenvalue weighted by molar-refractivity contribution is 7.99. The van der Waals surface area contributed by atoms with Gasteiger partial charge in [-0.1, -0.05) is 19.1 Å². The molecule has 0 saturated heterocycles. The van der Waals surface area contributed by atoms with Crippen LogP contribution in [0.1, 0.15) is 18.2 Å². The van der Waals surface area contributed by atoms with Crippen molar-refractivity contribution in [2.24, 2.45) is 0 Å². The van der Waals surface area contributed by atoms with Gasteiger partial charge in [0.25, 0.3) is 5.22 Å². The maximum Gasteiger partial charge on any atom is 0.260 e. The third kappa shape index (κ3) is 3.11. The fourth-order valence-electron chi connectivity index (χ4n) is 1.53. The number of halogens is 1. The van der Waals surface area contributed by atoms with Gasteiger partial charge in [-0.25, -0.2) is 9.37 Å². The van der Waals surface area contributed by atoms with Crippen LogP contribution in [0.25, 0.3) is 0 Å². The summed E-state index contributed by atoms with van der Waals surface area (Å²) in [5.41, 5.74) is 1.71. The Labute approximate surface area is 110 Å². The number of aryl methyl sites for hydroxylation is 1. The molecule has 1 heterocycles. The van der Waals surface area contributed by atoms with Gasteiger partial charge >= 0.3 is 0 Å². The van der Waals surface area contributed by atoms with Gasteiger partial charge in [0.2, 0.25) is 0 Å². The zero-order valence-electron chi connectivity index (χ0n) is 10.4. The Kier molecular flexibility index (Phi) is 4.38. The monoisotopic (exact) mass is 266 g/mol. The minimum Gasteiger partial charge on any atom is -0.439 e. The molecule has 0 aliphatic carbocycles. The highest BCUT2D eigenvalue weighted by Crippen LogP contribution is 2.32. The third-order valence-corrected chi connectivity index (χ3v) is 3.42. The number of benzene rings is 1. The topological polar surface area (TPSA) is 38.1 Å². The predicted octanol–water partition coefficient (Wildman–Crippen LogP) is 3.38. The maximum absolute atomic E-state index is 13.9. The normalized spacial score (nSPS) is 10.8. The molecule has 0 radical (unpaired) electrons. The number of rotatable bonds is 5. The summed E-state index contributed by atoms with van der Waals surface area (Å²) in [5.74, 6) is -0.244. The van der Waals surface area contributed by atoms with Gasteiger partial charge in [-0.3, -0.25) is 0 Å². The molecule has 0 amide bonds. The minimum absolute atomic E-state index is 0.244. The molecule has 0 unspecified atom stereocenters. The first-order valence-electron chi connectivity index (χ1n) is 5.78. The molecule has 1 aromatic carbocycles. The lowest BCUT2D eigenvalue weighted by Crippen LogP contribution is -2.12. The van der Waals surface area contributed by atoms with Crippen molar-refractivity contribution in [1.82, 2.24) is 10.3 Å². The van der Waals surface area contributed by atoms with E-state index in [0.29, 0.717) is 16.7 Å². The average molecular weight is 266 g/mol. The lowest BCUT2D eigenvalue weighted by molar-refractivity contribution is 0.453. The van der Waals surface area contributed by atoms with E-state index in [0.717, 1.165) is 17.8 Å². The Morgan fingerprint density at radius 2 is 2.28 bits per heavy atom. The molecule has 0 bridgehead atoms. The van der Waals surface area contributed by atoms with E-state index in [1.807, 2.05) is 19.9 Å². The van der Waals surface area contributed by atoms with E-state index in [2.05, 4.69) is 10.3 Å². The van der Waals surface area contributed by atoms with E-state index < -0.39 is 0 Å². The minimum atomic E-state index is -0.244. The van der Waals surface area contributed by atoms with Gasteiger partial charge in [0.05, 0.1) is 10.6 Å². The van der Waals surface area contributed by atoms with E-state index in [-0.39, 0.29) is 5.82 Å². The van der Waals surface area contributed by atoms with Crippen molar-refractivity contribution < 1.29 is 8.81 Å². The number of nitrogens with zero attached hydrogens (tertiary/aromatic N) is 1. The average Bonchev–Trinajstić information content (AvgIpc) is 2.76. The summed E-state index contributed by atoms with van der Waals surface area (Å²) in [6.45, 7) is 5.34. The molecule has 0 aliphatic rings. The zero-order chi connectivity index (χ0) is 13.0. The Bertz CT molecular complexity index is 527. The van der Waals surface area contributed by atoms with Crippen LogP contribution in [0.5, 0.6) is 0 Å². The molecule has 0 saturated carbocycles. The first kappa shape index (κ1) is 13.1. The van der Waals surface area contributed by atoms with Crippen LogP contribution in [0.2, 0.25) is 0 Å². The van der Waals surface area contributed by atoms with Crippen molar-refractivity contribution in [3.63, 3.8) is 0 Å². The van der Waals surface area contributed by atoms with E-state index in [1.165, 1.54) is 17.8 Å². The smallest absolute Gasteiger partial charge is 0.260 e. The highest BCUT2D eigenvalue weighted by Gasteiger charge is 2.12. The number of hydrogen-bond acceptors (Lipinski definition) is 4. The van der Waals surface area contributed by atoms with Crippen LogP contribution in [-0.2, 0) is 6.54 Å². The lowest BCUT2D eigenvalue weighted by Gasteiger charge is -2.08. The molecule has 2 rings (SSSR count). The summed E-state index contributed by atoms with van der Waals surface area (Å²) in [7, 11) is 0. The zero-order valence-corrected chi connectivity index (χ0v) is 11.2. The second-order valence-electron chi connectivity index (χ2n) is 3.87. The van der Waals surface area contributed by atoms with E-state index >= 15 is 0 Å². The SMILES string of the molecule is CCNCc1cccc(F)c1Sc1nc(C)co1. The van der Waals surface area contributed by atoms with Crippen molar-refractivity contribution in [2.75, 3.05) is 6.54 Å². The van der Waals surface area contributed by atoms with Crippen molar-refractivity contribution in [3.05, 3.63) is 41.5 Å². The maximum atomic E-state index is 13.9. The van der Waals surface area contributed by atoms with E-state index in [1.54, 1.807) is 12.3 Å². The summed E-state index contributed by atoms with van der Waals surface area (Å²) in [6.07, 6.45) is 1.56. The molecule has 1 N–H and O–H groups in total. The lowest BCUT2D eigenvalue weighted by atomic mass is 10.2. The standard InChI is InChI=1S/C13H15FN2OS/c1-3-15-7-10-5-4-6-11(14)12(10)18-13-16-9(2)8-17-13/h4-6,8,15H,3,7H2,1-2H3. The van der Waals surface area contributed by atoms with Gasteiger partial charge in [-0.05, 0) is 36.9 Å². The predicted molar refractivity (Wildman–Crippen MR) is 69.1 cm³/mol. The molecular weight excluding hydrogens is 251 g/mol. The molecule has 0 aliphatic heterocycles. The molecule has 0 atom stereocenters. The number of aromatic nitrogens is 1. The van der Waals surface area contributed by atoms with Crippen LogP contribution in [0, 0.1) is 12.7 Å². The second kappa shape index (κ2) is 6.02. The number of hydrogen-bond donors (Lipinski definition) is 1. The molecule has 5 heteroatoms. The first-order valence-corrected chi connectivity index (χ1v) is 6.60. The molecule has 0 spiro atoms. The third-order valence-electron chi connectivity index (χ3n) is 2.40. The van der Waals surface area contributed by atoms with Gasteiger partial charge in [-0.15, -0.1) is 0 Å². The quantitative estimate of drug-likeness (QED) is 0.900. The second-order valence-corrected chi connectivity index (χ2v) is 4.83. The molecule has 96 valence electrons. The first-order chi connectivity index (χ1) is 8.70. The molecular formula is C13H15FN2OS. The van der Waals surface area contributed by atoms with Gasteiger partial charge < -0.3 is 9.73 Å². The summed E-state index contributed by atoms with van der Waals surface area (Å²) in [6, 6.07) is 5.07. The van der Waals surface area contributed by atoms with E-state index in [4.69, 9.17) is 4.42 Å². The molecule has 0 fully saturated rings. The highest BCUT2D eigenvalue weighted by atomic mass is 32.2.